The van der Waals surface area contributed by atoms with Crippen molar-refractivity contribution in [3.8, 4) is 5.69 Å². The molecule has 1 N–H and O–H groups in total. The van der Waals surface area contributed by atoms with Crippen LogP contribution in [0.4, 0.5) is 0 Å². The molecule has 7 heteroatoms. The van der Waals surface area contributed by atoms with Gasteiger partial charge < -0.3 is 5.32 Å². The van der Waals surface area contributed by atoms with Gasteiger partial charge in [0.15, 0.2) is 5.82 Å². The first-order valence-corrected chi connectivity index (χ1v) is 5.21. The van der Waals surface area contributed by atoms with Crippen LogP contribution in [0.15, 0.2) is 6.20 Å². The quantitative estimate of drug-likeness (QED) is 0.765. The number of hydrogen-bond donors (Lipinski definition) is 1. The smallest absolute Gasteiger partial charge is 0.170 e. The van der Waals surface area contributed by atoms with Gasteiger partial charge in [-0.05, 0) is 23.9 Å². The van der Waals surface area contributed by atoms with Gasteiger partial charge in [-0.2, -0.15) is 9.78 Å². The van der Waals surface area contributed by atoms with Crippen molar-refractivity contribution in [3.63, 3.8) is 0 Å². The SMILES string of the molecule is CCc1nn(C)cc1-n1nnnc1CNC. The Labute approximate surface area is 93.5 Å². The Morgan fingerprint density at radius 3 is 2.94 bits per heavy atom. The zero-order chi connectivity index (χ0) is 11.5. The number of hydrogen-bond acceptors (Lipinski definition) is 5. The Bertz CT molecular complexity index is 470. The van der Waals surface area contributed by atoms with Gasteiger partial charge in [-0.1, -0.05) is 6.92 Å². The third kappa shape index (κ3) is 1.81. The van der Waals surface area contributed by atoms with Crippen LogP contribution in [0.3, 0.4) is 0 Å². The molecule has 0 aliphatic heterocycles. The van der Waals surface area contributed by atoms with E-state index in [2.05, 4.69) is 32.9 Å². The predicted molar refractivity (Wildman–Crippen MR) is 58.1 cm³/mol. The molecule has 2 aromatic heterocycles. The average Bonchev–Trinajstić information content (AvgIpc) is 2.84. The second-order valence-electron chi connectivity index (χ2n) is 3.53. The van der Waals surface area contributed by atoms with Crippen molar-refractivity contribution in [2.75, 3.05) is 7.05 Å². The molecule has 0 fully saturated rings. The molecule has 0 aromatic carbocycles. The summed E-state index contributed by atoms with van der Waals surface area (Å²) < 4.78 is 3.50. The van der Waals surface area contributed by atoms with Crippen LogP contribution in [0.1, 0.15) is 18.4 Å². The standard InChI is InChI=1S/C9H15N7/c1-4-7-8(6-15(3)12-7)16-9(5-10-2)11-13-14-16/h6,10H,4-5H2,1-3H3. The monoisotopic (exact) mass is 221 g/mol. The molecule has 2 aromatic rings. The van der Waals surface area contributed by atoms with Gasteiger partial charge >= 0.3 is 0 Å². The summed E-state index contributed by atoms with van der Waals surface area (Å²) in [7, 11) is 3.76. The van der Waals surface area contributed by atoms with E-state index in [1.807, 2.05) is 20.3 Å². The summed E-state index contributed by atoms with van der Waals surface area (Å²) in [5, 5.41) is 19.0. The van der Waals surface area contributed by atoms with Crippen molar-refractivity contribution in [1.29, 1.82) is 0 Å². The summed E-state index contributed by atoms with van der Waals surface area (Å²) in [5.74, 6) is 0.783. The molecule has 0 saturated carbocycles. The van der Waals surface area contributed by atoms with Gasteiger partial charge in [-0.15, -0.1) is 5.10 Å². The number of tetrazole rings is 1. The molecule has 2 rings (SSSR count). The highest BCUT2D eigenvalue weighted by Gasteiger charge is 2.13. The minimum Gasteiger partial charge on any atom is -0.313 e. The maximum absolute atomic E-state index is 4.37. The number of rotatable bonds is 4. The molecular formula is C9H15N7. The summed E-state index contributed by atoms with van der Waals surface area (Å²) in [5.41, 5.74) is 1.94. The third-order valence-electron chi connectivity index (χ3n) is 2.32. The minimum absolute atomic E-state index is 0.630. The number of nitrogens with zero attached hydrogens (tertiary/aromatic N) is 6. The van der Waals surface area contributed by atoms with Gasteiger partial charge in [-0.3, -0.25) is 4.68 Å². The highest BCUT2D eigenvalue weighted by Crippen LogP contribution is 2.13. The van der Waals surface area contributed by atoms with Crippen LogP contribution in [0.5, 0.6) is 0 Å². The molecule has 0 amide bonds. The summed E-state index contributed by atoms with van der Waals surface area (Å²) >= 11 is 0. The molecule has 86 valence electrons. The lowest BCUT2D eigenvalue weighted by molar-refractivity contribution is 0.704. The van der Waals surface area contributed by atoms with Gasteiger partial charge in [0.05, 0.1) is 18.4 Å². The Morgan fingerprint density at radius 1 is 1.44 bits per heavy atom. The molecule has 0 aliphatic rings. The summed E-state index contributed by atoms with van der Waals surface area (Å²) in [6, 6.07) is 0. The van der Waals surface area contributed by atoms with Crippen LogP contribution in [0, 0.1) is 0 Å². The van der Waals surface area contributed by atoms with Crippen molar-refractivity contribution in [2.45, 2.75) is 19.9 Å². The maximum atomic E-state index is 4.37. The van der Waals surface area contributed by atoms with Crippen LogP contribution in [-0.4, -0.2) is 37.0 Å². The van der Waals surface area contributed by atoms with E-state index in [9.17, 15) is 0 Å². The van der Waals surface area contributed by atoms with Gasteiger partial charge in [-0.25, -0.2) is 0 Å². The van der Waals surface area contributed by atoms with Gasteiger partial charge in [0.1, 0.15) is 5.69 Å². The second kappa shape index (κ2) is 4.40. The van der Waals surface area contributed by atoms with Crippen LogP contribution >= 0.6 is 0 Å². The molecule has 0 saturated heterocycles. The van der Waals surface area contributed by atoms with Crippen molar-refractivity contribution < 1.29 is 0 Å². The highest BCUT2D eigenvalue weighted by molar-refractivity contribution is 5.34. The van der Waals surface area contributed by atoms with Crippen LogP contribution < -0.4 is 5.32 Å². The third-order valence-corrected chi connectivity index (χ3v) is 2.32. The van der Waals surface area contributed by atoms with E-state index < -0.39 is 0 Å². The lowest BCUT2D eigenvalue weighted by Gasteiger charge is -2.02. The van der Waals surface area contributed by atoms with E-state index in [-0.39, 0.29) is 0 Å². The van der Waals surface area contributed by atoms with Crippen LogP contribution in [0.2, 0.25) is 0 Å². The van der Waals surface area contributed by atoms with E-state index in [1.165, 1.54) is 0 Å². The fourth-order valence-electron chi connectivity index (χ4n) is 1.61. The number of nitrogens with one attached hydrogen (secondary N) is 1. The molecule has 0 aliphatic carbocycles. The first-order valence-electron chi connectivity index (χ1n) is 5.21. The van der Waals surface area contributed by atoms with Gasteiger partial charge in [0, 0.05) is 7.05 Å². The Balaban J connectivity index is 2.45. The van der Waals surface area contributed by atoms with Gasteiger partial charge in [0.25, 0.3) is 0 Å². The second-order valence-corrected chi connectivity index (χ2v) is 3.53. The Hall–Kier alpha value is -1.76. The molecule has 0 spiro atoms. The van der Waals surface area contributed by atoms with E-state index in [4.69, 9.17) is 0 Å². The summed E-state index contributed by atoms with van der Waals surface area (Å²) in [6.07, 6.45) is 2.78. The largest absolute Gasteiger partial charge is 0.313 e. The molecule has 7 nitrogen and oxygen atoms in total. The molecule has 0 unspecified atom stereocenters. The summed E-state index contributed by atoms with van der Waals surface area (Å²) in [4.78, 5) is 0. The zero-order valence-corrected chi connectivity index (χ0v) is 9.67. The highest BCUT2D eigenvalue weighted by atomic mass is 15.6. The molecule has 0 bridgehead atoms. The van der Waals surface area contributed by atoms with Crippen LogP contribution in [-0.2, 0) is 20.0 Å². The van der Waals surface area contributed by atoms with Gasteiger partial charge in [0.2, 0.25) is 0 Å². The first-order chi connectivity index (χ1) is 7.76. The normalized spacial score (nSPS) is 10.9. The Morgan fingerprint density at radius 2 is 2.25 bits per heavy atom. The topological polar surface area (TPSA) is 73.5 Å². The first kappa shape index (κ1) is 10.7. The van der Waals surface area contributed by atoms with E-state index in [0.717, 1.165) is 23.6 Å². The van der Waals surface area contributed by atoms with Crippen molar-refractivity contribution in [1.82, 2.24) is 35.3 Å². The fraction of sp³-hybridized carbons (Fsp3) is 0.556. The zero-order valence-electron chi connectivity index (χ0n) is 9.67. The van der Waals surface area contributed by atoms with E-state index in [1.54, 1.807) is 9.36 Å². The van der Waals surface area contributed by atoms with Crippen LogP contribution in [0.25, 0.3) is 5.69 Å². The van der Waals surface area contributed by atoms with Crippen molar-refractivity contribution in [2.24, 2.45) is 7.05 Å². The van der Waals surface area contributed by atoms with E-state index >= 15 is 0 Å². The fourth-order valence-corrected chi connectivity index (χ4v) is 1.61. The van der Waals surface area contributed by atoms with Crippen molar-refractivity contribution in [3.05, 3.63) is 17.7 Å². The maximum Gasteiger partial charge on any atom is 0.170 e. The average molecular weight is 221 g/mol. The lowest BCUT2D eigenvalue weighted by atomic mass is 10.3. The molecule has 16 heavy (non-hydrogen) atoms. The number of aryl methyl sites for hydroxylation is 2. The molecule has 2 heterocycles. The van der Waals surface area contributed by atoms with Crippen molar-refractivity contribution >= 4 is 0 Å². The molecule has 0 atom stereocenters. The number of aromatic nitrogens is 6. The lowest BCUT2D eigenvalue weighted by Crippen LogP contribution is -2.12. The predicted octanol–water partition coefficient (Wildman–Crippen LogP) is -0.322. The molecule has 0 radical (unpaired) electrons. The molecular weight excluding hydrogens is 206 g/mol. The Kier molecular flexibility index (Phi) is 2.95. The minimum atomic E-state index is 0.630. The summed E-state index contributed by atoms with van der Waals surface area (Å²) in [6.45, 7) is 2.69. The van der Waals surface area contributed by atoms with E-state index in [0.29, 0.717) is 6.54 Å².